The molecule has 0 heterocycles. The summed E-state index contributed by atoms with van der Waals surface area (Å²) in [5.74, 6) is -0.693. The molecular weight excluding hydrogens is 404 g/mol. The van der Waals surface area contributed by atoms with Gasteiger partial charge in [0.1, 0.15) is 0 Å². The second-order valence-corrected chi connectivity index (χ2v) is 9.74. The van der Waals surface area contributed by atoms with Crippen LogP contribution < -0.4 is 9.44 Å². The van der Waals surface area contributed by atoms with Gasteiger partial charge in [0.05, 0.1) is 23.3 Å². The first-order valence-electron chi connectivity index (χ1n) is 8.25. The average molecular weight is 427 g/mol. The van der Waals surface area contributed by atoms with Crippen molar-refractivity contribution in [1.29, 1.82) is 0 Å². The van der Waals surface area contributed by atoms with Crippen LogP contribution >= 0.6 is 0 Å². The maximum atomic E-state index is 12.6. The molecule has 2 N–H and O–H groups in total. The molecule has 10 heteroatoms. The van der Waals surface area contributed by atoms with Crippen LogP contribution in [-0.2, 0) is 37.1 Å². The Labute approximate surface area is 165 Å². The average Bonchev–Trinajstić information content (AvgIpc) is 2.66. The zero-order valence-corrected chi connectivity index (χ0v) is 17.4. The molecule has 0 spiro atoms. The van der Waals surface area contributed by atoms with Crippen molar-refractivity contribution in [1.82, 2.24) is 9.44 Å². The van der Waals surface area contributed by atoms with Crippen LogP contribution in [0, 0.1) is 6.92 Å². The summed E-state index contributed by atoms with van der Waals surface area (Å²) in [6.45, 7) is 1.64. The topological polar surface area (TPSA) is 119 Å². The number of hydrogen-bond donors (Lipinski definition) is 2. The second-order valence-electron chi connectivity index (χ2n) is 6.08. The molecule has 0 aromatic heterocycles. The molecule has 0 saturated carbocycles. The number of esters is 1. The summed E-state index contributed by atoms with van der Waals surface area (Å²) in [7, 11) is -4.56. The summed E-state index contributed by atoms with van der Waals surface area (Å²) >= 11 is 0. The first-order chi connectivity index (χ1) is 13.1. The van der Waals surface area contributed by atoms with Gasteiger partial charge in [0.2, 0.25) is 20.0 Å². The fraction of sp³-hybridized carbons (Fsp3) is 0.278. The van der Waals surface area contributed by atoms with Crippen LogP contribution in [0.1, 0.15) is 27.0 Å². The highest BCUT2D eigenvalue weighted by molar-refractivity contribution is 7.89. The minimum absolute atomic E-state index is 0.0413. The smallest absolute Gasteiger partial charge is 0.337 e. The summed E-state index contributed by atoms with van der Waals surface area (Å²) < 4.78 is 57.6. The van der Waals surface area contributed by atoms with E-state index < -0.39 is 26.0 Å². The number of methoxy groups -OCH3 is 1. The van der Waals surface area contributed by atoms with E-state index in [0.717, 1.165) is 0 Å². The Hall–Kier alpha value is -2.27. The minimum Gasteiger partial charge on any atom is -0.465 e. The molecule has 2 rings (SSSR count). The third-order valence-corrected chi connectivity index (χ3v) is 6.94. The predicted molar refractivity (Wildman–Crippen MR) is 105 cm³/mol. The maximum Gasteiger partial charge on any atom is 0.337 e. The lowest BCUT2D eigenvalue weighted by molar-refractivity contribution is 0.0600. The molecule has 0 radical (unpaired) electrons. The molecule has 0 amide bonds. The quantitative estimate of drug-likeness (QED) is 0.615. The van der Waals surface area contributed by atoms with E-state index in [-0.39, 0.29) is 22.8 Å². The Morgan fingerprint density at radius 3 is 2.14 bits per heavy atom. The highest BCUT2D eigenvalue weighted by Gasteiger charge is 2.18. The number of aryl methyl sites for hydroxylation is 1. The highest BCUT2D eigenvalue weighted by atomic mass is 32.2. The van der Waals surface area contributed by atoms with Crippen molar-refractivity contribution in [3.05, 3.63) is 64.7 Å². The molecule has 2 aromatic rings. The van der Waals surface area contributed by atoms with Gasteiger partial charge in [-0.3, -0.25) is 0 Å². The van der Waals surface area contributed by atoms with Crippen LogP contribution in [0.15, 0.2) is 47.4 Å². The van der Waals surface area contributed by atoms with Gasteiger partial charge in [-0.1, -0.05) is 24.3 Å². The molecule has 0 aliphatic heterocycles. The van der Waals surface area contributed by atoms with Crippen molar-refractivity contribution in [3.8, 4) is 0 Å². The summed E-state index contributed by atoms with van der Waals surface area (Å²) in [6.07, 6.45) is 0. The van der Waals surface area contributed by atoms with Gasteiger partial charge in [0, 0.05) is 6.54 Å². The van der Waals surface area contributed by atoms with Crippen LogP contribution in [-0.4, -0.2) is 37.0 Å². The van der Waals surface area contributed by atoms with Gasteiger partial charge >= 0.3 is 5.97 Å². The number of rotatable bonds is 8. The lowest BCUT2D eigenvalue weighted by atomic mass is 10.1. The van der Waals surface area contributed by atoms with Gasteiger partial charge in [0.25, 0.3) is 0 Å². The van der Waals surface area contributed by atoms with Gasteiger partial charge in [-0.2, -0.15) is 0 Å². The Morgan fingerprint density at radius 2 is 1.61 bits per heavy atom. The SMILES string of the molecule is CNS(=O)(=O)Cc1ccc(CNS(=O)(=O)c2ccc(C(=O)OC)cc2C)cc1. The number of sulfonamides is 2. The molecule has 28 heavy (non-hydrogen) atoms. The highest BCUT2D eigenvalue weighted by Crippen LogP contribution is 2.18. The Kier molecular flexibility index (Phi) is 6.94. The molecule has 0 fully saturated rings. The van der Waals surface area contributed by atoms with E-state index in [9.17, 15) is 21.6 Å². The molecule has 0 aliphatic carbocycles. The van der Waals surface area contributed by atoms with Crippen molar-refractivity contribution in [2.75, 3.05) is 14.2 Å². The third-order valence-electron chi connectivity index (χ3n) is 4.04. The van der Waals surface area contributed by atoms with E-state index >= 15 is 0 Å². The van der Waals surface area contributed by atoms with Crippen LogP contribution in [0.25, 0.3) is 0 Å². The van der Waals surface area contributed by atoms with Gasteiger partial charge in [-0.15, -0.1) is 0 Å². The van der Waals surface area contributed by atoms with E-state index in [1.54, 1.807) is 31.2 Å². The van der Waals surface area contributed by atoms with Crippen molar-refractivity contribution >= 4 is 26.0 Å². The number of benzene rings is 2. The lowest BCUT2D eigenvalue weighted by Gasteiger charge is -2.11. The second kappa shape index (κ2) is 8.82. The summed E-state index contributed by atoms with van der Waals surface area (Å²) in [4.78, 5) is 11.6. The van der Waals surface area contributed by atoms with Crippen LogP contribution in [0.2, 0.25) is 0 Å². The minimum atomic E-state index is -3.79. The van der Waals surface area contributed by atoms with E-state index in [1.807, 2.05) is 0 Å². The molecule has 0 unspecified atom stereocenters. The number of nitrogens with one attached hydrogen (secondary N) is 2. The zero-order chi connectivity index (χ0) is 20.9. The summed E-state index contributed by atoms with van der Waals surface area (Å²) in [5, 5.41) is 0. The van der Waals surface area contributed by atoms with Gasteiger partial charge in [-0.05, 0) is 48.9 Å². The van der Waals surface area contributed by atoms with Crippen molar-refractivity contribution in [2.45, 2.75) is 24.1 Å². The first kappa shape index (κ1) is 22.0. The van der Waals surface area contributed by atoms with Crippen molar-refractivity contribution < 1.29 is 26.4 Å². The lowest BCUT2D eigenvalue weighted by Crippen LogP contribution is -2.24. The fourth-order valence-corrected chi connectivity index (χ4v) is 4.51. The summed E-state index contributed by atoms with van der Waals surface area (Å²) in [6, 6.07) is 10.8. The number of carbonyl (C=O) groups excluding carboxylic acids is 1. The molecule has 0 bridgehead atoms. The Balaban J connectivity index is 2.10. The van der Waals surface area contributed by atoms with Gasteiger partial charge in [-0.25, -0.2) is 31.1 Å². The molecule has 0 saturated heterocycles. The Bertz CT molecular complexity index is 1060. The van der Waals surface area contributed by atoms with Crippen LogP contribution in [0.3, 0.4) is 0 Å². The normalized spacial score (nSPS) is 12.0. The monoisotopic (exact) mass is 426 g/mol. The molecule has 0 aliphatic rings. The molecule has 8 nitrogen and oxygen atoms in total. The van der Waals surface area contributed by atoms with E-state index in [0.29, 0.717) is 16.7 Å². The third kappa shape index (κ3) is 5.61. The molecular formula is C18H22N2O6S2. The maximum absolute atomic E-state index is 12.6. The van der Waals surface area contributed by atoms with E-state index in [2.05, 4.69) is 14.2 Å². The number of ether oxygens (including phenoxy) is 1. The number of carbonyl (C=O) groups is 1. The molecule has 2 aromatic carbocycles. The fourth-order valence-electron chi connectivity index (χ4n) is 2.50. The Morgan fingerprint density at radius 1 is 1.00 bits per heavy atom. The van der Waals surface area contributed by atoms with Crippen LogP contribution in [0.5, 0.6) is 0 Å². The first-order valence-corrected chi connectivity index (χ1v) is 11.4. The van der Waals surface area contributed by atoms with E-state index in [4.69, 9.17) is 0 Å². The summed E-state index contributed by atoms with van der Waals surface area (Å²) in [5.41, 5.74) is 1.96. The van der Waals surface area contributed by atoms with Gasteiger partial charge < -0.3 is 4.74 Å². The van der Waals surface area contributed by atoms with Crippen molar-refractivity contribution in [3.63, 3.8) is 0 Å². The zero-order valence-electron chi connectivity index (χ0n) is 15.7. The molecule has 0 atom stereocenters. The predicted octanol–water partition coefficient (Wildman–Crippen LogP) is 1.31. The van der Waals surface area contributed by atoms with Crippen LogP contribution in [0.4, 0.5) is 0 Å². The van der Waals surface area contributed by atoms with Gasteiger partial charge in [0.15, 0.2) is 0 Å². The standard InChI is InChI=1S/C18H22N2O6S2/c1-13-10-16(18(21)26-3)8-9-17(13)28(24,25)20-11-14-4-6-15(7-5-14)12-27(22,23)19-2/h4-10,19-20H,11-12H2,1-3H3. The number of hydrogen-bond acceptors (Lipinski definition) is 6. The molecule has 152 valence electrons. The largest absolute Gasteiger partial charge is 0.465 e. The van der Waals surface area contributed by atoms with Crippen molar-refractivity contribution in [2.24, 2.45) is 0 Å². The van der Waals surface area contributed by atoms with E-state index in [1.165, 1.54) is 32.4 Å².